The van der Waals surface area contributed by atoms with Gasteiger partial charge in [0.1, 0.15) is 0 Å². The van der Waals surface area contributed by atoms with Crippen molar-refractivity contribution in [3.63, 3.8) is 0 Å². The molecule has 102 valence electrons. The number of hydrogen-bond acceptors (Lipinski definition) is 2. The van der Waals surface area contributed by atoms with Gasteiger partial charge in [-0.3, -0.25) is 0 Å². The molecule has 3 nitrogen and oxygen atoms in total. The lowest BCUT2D eigenvalue weighted by Crippen LogP contribution is -2.41. The second kappa shape index (κ2) is 3.84. The molecule has 0 saturated carbocycles. The zero-order valence-corrected chi connectivity index (χ0v) is 12.2. The Bertz CT molecular complexity index is 609. The van der Waals surface area contributed by atoms with Gasteiger partial charge in [0, 0.05) is 17.1 Å². The summed E-state index contributed by atoms with van der Waals surface area (Å²) in [5.41, 5.74) is 2.82. The summed E-state index contributed by atoms with van der Waals surface area (Å²) < 4.78 is 12.3. The third-order valence-electron chi connectivity index (χ3n) is 4.46. The number of benzene rings is 1. The van der Waals surface area contributed by atoms with Crippen LogP contribution in [0.1, 0.15) is 45.1 Å². The van der Waals surface area contributed by atoms with Crippen molar-refractivity contribution in [3.05, 3.63) is 35.5 Å². The van der Waals surface area contributed by atoms with E-state index in [2.05, 4.69) is 57.8 Å². The fraction of sp³-hybridized carbons (Fsp3) is 0.500. The summed E-state index contributed by atoms with van der Waals surface area (Å²) in [5, 5.41) is 1.23. The van der Waals surface area contributed by atoms with Gasteiger partial charge in [-0.25, -0.2) is 0 Å². The van der Waals surface area contributed by atoms with Crippen molar-refractivity contribution in [1.82, 2.24) is 4.98 Å². The number of para-hydroxylation sites is 1. The van der Waals surface area contributed by atoms with E-state index in [-0.39, 0.29) is 17.5 Å². The molecule has 3 rings (SSSR count). The molecule has 0 radical (unpaired) electrons. The highest BCUT2D eigenvalue weighted by atomic mass is 16.7. The van der Waals surface area contributed by atoms with Crippen LogP contribution >= 0.6 is 0 Å². The Hall–Kier alpha value is -1.32. The van der Waals surface area contributed by atoms with E-state index >= 15 is 0 Å². The van der Waals surface area contributed by atoms with Crippen LogP contribution in [0.25, 0.3) is 10.9 Å². The van der Waals surface area contributed by atoms with Crippen LogP contribution in [0.2, 0.25) is 0 Å². The van der Waals surface area contributed by atoms with Crippen LogP contribution < -0.4 is 0 Å². The average molecular weight is 259 g/mol. The van der Waals surface area contributed by atoms with E-state index in [9.17, 15) is 0 Å². The van der Waals surface area contributed by atoms with Crippen molar-refractivity contribution in [2.75, 3.05) is 0 Å². The van der Waals surface area contributed by atoms with Crippen molar-refractivity contribution in [3.8, 4) is 0 Å². The van der Waals surface area contributed by atoms with Crippen LogP contribution in [0.4, 0.5) is 0 Å². The molecule has 1 fully saturated rings. The minimum Gasteiger partial charge on any atom is -0.361 e. The van der Waals surface area contributed by atoms with Crippen LogP contribution in [0.15, 0.2) is 24.4 Å². The zero-order chi connectivity index (χ0) is 13.8. The number of aryl methyl sites for hydroxylation is 1. The summed E-state index contributed by atoms with van der Waals surface area (Å²) in [5.74, 6) is 0. The molecule has 1 aromatic carbocycles. The van der Waals surface area contributed by atoms with E-state index in [1.54, 1.807) is 0 Å². The van der Waals surface area contributed by atoms with E-state index in [0.717, 1.165) is 11.1 Å². The Morgan fingerprint density at radius 1 is 1.05 bits per heavy atom. The van der Waals surface area contributed by atoms with Crippen LogP contribution in [0.5, 0.6) is 0 Å². The molecule has 0 unspecified atom stereocenters. The maximum atomic E-state index is 6.13. The number of aromatic amines is 1. The van der Waals surface area contributed by atoms with E-state index in [0.29, 0.717) is 0 Å². The lowest BCUT2D eigenvalue weighted by atomic mass is 9.90. The molecule has 1 aromatic heterocycles. The molecule has 3 heteroatoms. The van der Waals surface area contributed by atoms with Gasteiger partial charge in [-0.1, -0.05) is 18.2 Å². The highest BCUT2D eigenvalue weighted by Crippen LogP contribution is 2.45. The Morgan fingerprint density at radius 2 is 1.68 bits per heavy atom. The topological polar surface area (TPSA) is 34.2 Å². The molecular weight excluding hydrogens is 238 g/mol. The summed E-state index contributed by atoms with van der Waals surface area (Å²) >= 11 is 0. The van der Waals surface area contributed by atoms with E-state index in [1.165, 1.54) is 10.9 Å². The number of nitrogens with one attached hydrogen (secondary N) is 1. The molecule has 2 heterocycles. The third-order valence-corrected chi connectivity index (χ3v) is 4.46. The van der Waals surface area contributed by atoms with Gasteiger partial charge in [0.2, 0.25) is 0 Å². The molecule has 2 aromatic rings. The summed E-state index contributed by atoms with van der Waals surface area (Å²) in [6.45, 7) is 10.4. The largest absolute Gasteiger partial charge is 0.361 e. The van der Waals surface area contributed by atoms with Gasteiger partial charge < -0.3 is 14.5 Å². The Kier molecular flexibility index (Phi) is 2.57. The molecular formula is C16H21NO2. The smallest absolute Gasteiger partial charge is 0.187 e. The Labute approximate surface area is 113 Å². The maximum absolute atomic E-state index is 6.13. The van der Waals surface area contributed by atoms with Gasteiger partial charge in [-0.15, -0.1) is 0 Å². The number of hydrogen-bond donors (Lipinski definition) is 1. The number of H-pyrrole nitrogens is 1. The van der Waals surface area contributed by atoms with Crippen molar-refractivity contribution in [1.29, 1.82) is 0 Å². The molecule has 0 bridgehead atoms. The SMILES string of the molecule is Cc1c[nH]c2c(C3OC(C)(C)C(C)(C)O3)cccc12. The fourth-order valence-electron chi connectivity index (χ4n) is 2.48. The van der Waals surface area contributed by atoms with Gasteiger partial charge in [0.05, 0.1) is 16.7 Å². The number of fused-ring (bicyclic) bond motifs is 1. The highest BCUT2D eigenvalue weighted by molar-refractivity contribution is 5.86. The van der Waals surface area contributed by atoms with E-state index in [1.807, 2.05) is 6.20 Å². The minimum absolute atomic E-state index is 0.304. The third kappa shape index (κ3) is 1.80. The molecule has 0 aliphatic carbocycles. The molecule has 19 heavy (non-hydrogen) atoms. The fourth-order valence-corrected chi connectivity index (χ4v) is 2.48. The monoisotopic (exact) mass is 259 g/mol. The number of aromatic nitrogens is 1. The van der Waals surface area contributed by atoms with Crippen LogP contribution in [0.3, 0.4) is 0 Å². The summed E-state index contributed by atoms with van der Waals surface area (Å²) in [6, 6.07) is 6.25. The highest BCUT2D eigenvalue weighted by Gasteiger charge is 2.49. The summed E-state index contributed by atoms with van der Waals surface area (Å²) in [6.07, 6.45) is 1.71. The van der Waals surface area contributed by atoms with Gasteiger partial charge in [0.25, 0.3) is 0 Å². The van der Waals surface area contributed by atoms with Crippen LogP contribution in [-0.4, -0.2) is 16.2 Å². The minimum atomic E-state index is -0.313. The quantitative estimate of drug-likeness (QED) is 0.837. The van der Waals surface area contributed by atoms with Gasteiger partial charge in [-0.2, -0.15) is 0 Å². The summed E-state index contributed by atoms with van der Waals surface area (Å²) in [4.78, 5) is 3.33. The standard InChI is InChI=1S/C16H21NO2/c1-10-9-17-13-11(10)7-6-8-12(13)14-18-15(2,3)16(4,5)19-14/h6-9,14,17H,1-5H3. The number of ether oxygens (including phenoxy) is 2. The average Bonchev–Trinajstić information content (AvgIpc) is 2.78. The molecule has 0 atom stereocenters. The predicted octanol–water partition coefficient (Wildman–Crippen LogP) is 4.08. The van der Waals surface area contributed by atoms with Crippen LogP contribution in [-0.2, 0) is 9.47 Å². The lowest BCUT2D eigenvalue weighted by molar-refractivity contribution is -0.0886. The first kappa shape index (κ1) is 12.7. The van der Waals surface area contributed by atoms with Gasteiger partial charge >= 0.3 is 0 Å². The maximum Gasteiger partial charge on any atom is 0.187 e. The van der Waals surface area contributed by atoms with E-state index in [4.69, 9.17) is 9.47 Å². The van der Waals surface area contributed by atoms with Crippen molar-refractivity contribution < 1.29 is 9.47 Å². The Balaban J connectivity index is 2.07. The molecule has 0 spiro atoms. The zero-order valence-electron chi connectivity index (χ0n) is 12.2. The molecule has 1 aliphatic rings. The second-order valence-electron chi connectivity index (χ2n) is 6.33. The summed E-state index contributed by atoms with van der Waals surface area (Å²) in [7, 11) is 0. The first-order chi connectivity index (χ1) is 8.82. The molecule has 1 N–H and O–H groups in total. The van der Waals surface area contributed by atoms with E-state index < -0.39 is 0 Å². The molecule has 0 amide bonds. The normalized spacial score (nSPS) is 22.2. The Morgan fingerprint density at radius 3 is 2.32 bits per heavy atom. The predicted molar refractivity (Wildman–Crippen MR) is 76.1 cm³/mol. The van der Waals surface area contributed by atoms with Crippen molar-refractivity contribution in [2.24, 2.45) is 0 Å². The van der Waals surface area contributed by atoms with Gasteiger partial charge in [-0.05, 0) is 40.2 Å². The number of rotatable bonds is 1. The second-order valence-corrected chi connectivity index (χ2v) is 6.33. The van der Waals surface area contributed by atoms with Crippen molar-refractivity contribution in [2.45, 2.75) is 52.1 Å². The first-order valence-corrected chi connectivity index (χ1v) is 6.74. The first-order valence-electron chi connectivity index (χ1n) is 6.74. The lowest BCUT2D eigenvalue weighted by Gasteiger charge is -2.30. The molecule has 1 aliphatic heterocycles. The van der Waals surface area contributed by atoms with Crippen LogP contribution in [0, 0.1) is 6.92 Å². The van der Waals surface area contributed by atoms with Crippen molar-refractivity contribution >= 4 is 10.9 Å². The molecule has 1 saturated heterocycles. The van der Waals surface area contributed by atoms with Gasteiger partial charge in [0.15, 0.2) is 6.29 Å².